The van der Waals surface area contributed by atoms with E-state index in [-0.39, 0.29) is 24.8 Å². The standard InChI is InChI=1S/C40H42Si.2ClH.Zr/c1-7-11-29-17-21-31(22-18-29)35-15-9-13-33-25-27(3)39(37(33)35)41(5,6)40-28(4)26-34-14-10-16-36(38(34)40)32-23-19-30(12-8-2)20-24-32;;;/h9-10,13-26H,7-8,11-12H2,1-6H3;2*1H;/q;;;+2/p-2. The number of rotatable bonds is 6. The maximum atomic E-state index is 2.67. The van der Waals surface area contributed by atoms with Crippen molar-refractivity contribution in [2.75, 3.05) is 0 Å². The van der Waals surface area contributed by atoms with Gasteiger partial charge in [0.25, 0.3) is 0 Å². The zero-order valence-corrected chi connectivity index (χ0v) is 31.8. The molecule has 0 amide bonds. The number of hydrogen-bond donors (Lipinski definition) is 0. The summed E-state index contributed by atoms with van der Waals surface area (Å²) < 4.78 is 1.32. The summed E-state index contributed by atoms with van der Waals surface area (Å²) in [4.78, 5) is 0. The van der Waals surface area contributed by atoms with Gasteiger partial charge in [-0.15, -0.1) is 0 Å². The van der Waals surface area contributed by atoms with E-state index in [1.54, 1.807) is 43.8 Å². The molecule has 0 spiro atoms. The molecule has 2 atom stereocenters. The second-order valence-corrected chi connectivity index (χ2v) is 21.1. The van der Waals surface area contributed by atoms with Crippen molar-refractivity contribution in [1.82, 2.24) is 0 Å². The number of halogens is 2. The van der Waals surface area contributed by atoms with Crippen LogP contribution in [-0.4, -0.2) is 8.07 Å². The fraction of sp³-hybridized carbons (Fsp3) is 0.300. The van der Waals surface area contributed by atoms with E-state index >= 15 is 0 Å². The Kier molecular flexibility index (Phi) is 9.90. The van der Waals surface area contributed by atoms with Crippen LogP contribution in [0.15, 0.2) is 96.1 Å². The molecule has 2 aliphatic carbocycles. The van der Waals surface area contributed by atoms with Gasteiger partial charge >= 0.3 is 267 Å². The summed E-state index contributed by atoms with van der Waals surface area (Å²) in [6.07, 6.45) is 4.71. The zero-order chi connectivity index (χ0) is 29.2. The van der Waals surface area contributed by atoms with Crippen molar-refractivity contribution in [2.45, 2.75) is 73.7 Å². The summed E-state index contributed by atoms with van der Waals surface area (Å²) in [6, 6.07) is 33.5. The Morgan fingerprint density at radius 1 is 0.568 bits per heavy atom. The molecule has 0 saturated carbocycles. The molecule has 0 saturated heterocycles. The molecule has 1 heterocycles. The van der Waals surface area contributed by atoms with Crippen molar-refractivity contribution in [3.8, 4) is 22.3 Å². The summed E-state index contributed by atoms with van der Waals surface area (Å²) in [5.41, 5.74) is 18.5. The second kappa shape index (κ2) is 13.0. The van der Waals surface area contributed by atoms with Crippen molar-refractivity contribution in [3.05, 3.63) is 129 Å². The third-order valence-electron chi connectivity index (χ3n) is 10.2. The summed E-state index contributed by atoms with van der Waals surface area (Å²) >= 11 is -0.887. The van der Waals surface area contributed by atoms with Gasteiger partial charge in [0, 0.05) is 0 Å². The fourth-order valence-electron chi connectivity index (χ4n) is 8.42. The Morgan fingerprint density at radius 3 is 1.32 bits per heavy atom. The predicted octanol–water partition coefficient (Wildman–Crippen LogP) is 5.17. The molecule has 0 radical (unpaired) electrons. The minimum Gasteiger partial charge on any atom is -1.00 e. The van der Waals surface area contributed by atoms with E-state index in [0.717, 1.165) is 12.8 Å². The number of aryl methyl sites for hydroxylation is 2. The number of hydrogen-bond acceptors (Lipinski definition) is 0. The van der Waals surface area contributed by atoms with Crippen LogP contribution in [0.3, 0.4) is 0 Å². The molecule has 0 N–H and O–H groups in total. The molecule has 0 fully saturated rings. The van der Waals surface area contributed by atoms with Gasteiger partial charge in [0.1, 0.15) is 0 Å². The van der Waals surface area contributed by atoms with Crippen LogP contribution in [0.4, 0.5) is 0 Å². The molecule has 2 unspecified atom stereocenters. The van der Waals surface area contributed by atoms with E-state index in [4.69, 9.17) is 0 Å². The predicted molar refractivity (Wildman–Crippen MR) is 180 cm³/mol. The molecule has 224 valence electrons. The summed E-state index contributed by atoms with van der Waals surface area (Å²) in [5.74, 6) is 0. The van der Waals surface area contributed by atoms with Crippen LogP contribution in [0.5, 0.6) is 0 Å². The monoisotopic (exact) mass is 710 g/mol. The van der Waals surface area contributed by atoms with Gasteiger partial charge in [-0.2, -0.15) is 0 Å². The number of benzene rings is 4. The Bertz CT molecular complexity index is 1630. The Morgan fingerprint density at radius 2 is 0.955 bits per heavy atom. The minimum atomic E-state index is -2.07. The van der Waals surface area contributed by atoms with Crippen molar-refractivity contribution >= 4 is 18.5 Å². The van der Waals surface area contributed by atoms with E-state index in [2.05, 4.69) is 126 Å². The third-order valence-corrected chi connectivity index (χ3v) is 19.2. The molecule has 4 aromatic carbocycles. The van der Waals surface area contributed by atoms with Crippen LogP contribution in [0.2, 0.25) is 13.1 Å². The molecule has 7 rings (SSSR count). The van der Waals surface area contributed by atoms with Crippen molar-refractivity contribution in [1.29, 1.82) is 0 Å². The van der Waals surface area contributed by atoms with Gasteiger partial charge in [-0.1, -0.05) is 0 Å². The fourth-order valence-corrected chi connectivity index (χ4v) is 18.3. The first-order valence-corrected chi connectivity index (χ1v) is 21.8. The van der Waals surface area contributed by atoms with Gasteiger partial charge in [-0.3, -0.25) is 0 Å². The van der Waals surface area contributed by atoms with Gasteiger partial charge in [-0.25, -0.2) is 0 Å². The Hall–Kier alpha value is -1.96. The molecule has 4 bridgehead atoms. The van der Waals surface area contributed by atoms with Crippen LogP contribution in [-0.2, 0) is 36.1 Å². The van der Waals surface area contributed by atoms with Crippen LogP contribution >= 0.6 is 0 Å². The first-order chi connectivity index (χ1) is 20.3. The summed E-state index contributed by atoms with van der Waals surface area (Å²) in [5, 5.41) is 3.48. The third kappa shape index (κ3) is 5.23. The quantitative estimate of drug-likeness (QED) is 0.242. The van der Waals surface area contributed by atoms with Crippen molar-refractivity contribution < 1.29 is 48.0 Å². The molecule has 44 heavy (non-hydrogen) atoms. The molecule has 0 aromatic heterocycles. The van der Waals surface area contributed by atoms with Gasteiger partial charge in [0.2, 0.25) is 0 Å². The van der Waals surface area contributed by atoms with E-state index < -0.39 is 31.3 Å². The van der Waals surface area contributed by atoms with Gasteiger partial charge in [0.15, 0.2) is 0 Å². The maximum absolute atomic E-state index is 2.67. The largest absolute Gasteiger partial charge is 1.00 e. The summed E-state index contributed by atoms with van der Waals surface area (Å²) in [6.45, 7) is 14.9. The average molecular weight is 713 g/mol. The molecular weight excluding hydrogens is 671 g/mol. The molecule has 4 aromatic rings. The molecule has 0 nitrogen and oxygen atoms in total. The SMILES string of the molecule is CCCc1ccc(-c2cccc3c2C2=C(C)[CH]3[Zr+2][CH]3C(C)=C(c4c(-c5ccc(CCC)cc5)cccc43)[Si]2(C)C)cc1.[Cl-].[Cl-]. The molecule has 3 aliphatic rings. The molecular formula is C40H42Cl2SiZr. The van der Waals surface area contributed by atoms with Crippen LogP contribution in [0.1, 0.15) is 81.2 Å². The minimum absolute atomic E-state index is 0. The van der Waals surface area contributed by atoms with Gasteiger partial charge < -0.3 is 24.8 Å². The van der Waals surface area contributed by atoms with Gasteiger partial charge in [-0.05, 0) is 0 Å². The first kappa shape index (κ1) is 33.4. The molecule has 1 aliphatic heterocycles. The topological polar surface area (TPSA) is 0 Å². The normalized spacial score (nSPS) is 18.7. The van der Waals surface area contributed by atoms with E-state index in [9.17, 15) is 0 Å². The Balaban J connectivity index is 0.00000192. The second-order valence-electron chi connectivity index (χ2n) is 13.2. The zero-order valence-electron chi connectivity index (χ0n) is 26.8. The van der Waals surface area contributed by atoms with Crippen LogP contribution < -0.4 is 24.8 Å². The molecule has 4 heteroatoms. The smallest absolute Gasteiger partial charge is 1.00 e. The summed E-state index contributed by atoms with van der Waals surface area (Å²) in [7, 11) is -2.07. The Labute approximate surface area is 289 Å². The number of fused-ring (bicyclic) bond motifs is 8. The van der Waals surface area contributed by atoms with Crippen LogP contribution in [0, 0.1) is 0 Å². The van der Waals surface area contributed by atoms with Crippen LogP contribution in [0.25, 0.3) is 32.6 Å². The van der Waals surface area contributed by atoms with E-state index in [1.807, 2.05) is 0 Å². The van der Waals surface area contributed by atoms with Crippen molar-refractivity contribution in [2.24, 2.45) is 0 Å². The number of allylic oxidation sites excluding steroid dienone is 2. The first-order valence-electron chi connectivity index (χ1n) is 16.0. The maximum Gasteiger partial charge on any atom is -1.00 e. The van der Waals surface area contributed by atoms with E-state index in [1.165, 1.54) is 46.2 Å². The average Bonchev–Trinajstić information content (AvgIpc) is 3.46. The van der Waals surface area contributed by atoms with Crippen molar-refractivity contribution in [3.63, 3.8) is 0 Å². The van der Waals surface area contributed by atoms with E-state index in [0.29, 0.717) is 7.25 Å². The van der Waals surface area contributed by atoms with Gasteiger partial charge in [0.05, 0.1) is 0 Å².